The van der Waals surface area contributed by atoms with Crippen molar-refractivity contribution in [2.24, 2.45) is 5.92 Å². The SMILES string of the molecule is Cc1ccc(CNc2ncc3nc(-c4c(Cl)cccc4Cl)n(CCC4CCNCC4)c3n2)c(Cl)c1. The van der Waals surface area contributed by atoms with Crippen molar-refractivity contribution in [1.29, 1.82) is 0 Å². The summed E-state index contributed by atoms with van der Waals surface area (Å²) in [4.78, 5) is 14.2. The molecule has 1 aliphatic heterocycles. The lowest BCUT2D eigenvalue weighted by Gasteiger charge is -2.23. The van der Waals surface area contributed by atoms with Gasteiger partial charge in [-0.25, -0.2) is 9.97 Å². The first-order valence-corrected chi connectivity index (χ1v) is 13.0. The molecule has 0 radical (unpaired) electrons. The van der Waals surface area contributed by atoms with Crippen molar-refractivity contribution >= 4 is 51.9 Å². The van der Waals surface area contributed by atoms with E-state index in [1.54, 1.807) is 6.20 Å². The van der Waals surface area contributed by atoms with Crippen LogP contribution in [-0.4, -0.2) is 32.6 Å². The normalized spacial score (nSPS) is 14.5. The zero-order valence-corrected chi connectivity index (χ0v) is 21.8. The highest BCUT2D eigenvalue weighted by atomic mass is 35.5. The van der Waals surface area contributed by atoms with Crippen LogP contribution in [0.15, 0.2) is 42.6 Å². The third-order valence-corrected chi connectivity index (χ3v) is 7.52. The molecule has 0 spiro atoms. The van der Waals surface area contributed by atoms with E-state index in [-0.39, 0.29) is 0 Å². The third-order valence-electron chi connectivity index (χ3n) is 6.54. The summed E-state index contributed by atoms with van der Waals surface area (Å²) in [5.41, 5.74) is 4.31. The van der Waals surface area contributed by atoms with Crippen LogP contribution < -0.4 is 10.6 Å². The zero-order chi connectivity index (χ0) is 24.4. The first-order chi connectivity index (χ1) is 17.0. The number of piperidine rings is 1. The van der Waals surface area contributed by atoms with Gasteiger partial charge in [0, 0.05) is 18.1 Å². The molecular weight excluding hydrogens is 503 g/mol. The lowest BCUT2D eigenvalue weighted by molar-refractivity contribution is 0.339. The molecule has 5 rings (SSSR count). The number of hydrogen-bond acceptors (Lipinski definition) is 5. The minimum Gasteiger partial charge on any atom is -0.350 e. The highest BCUT2D eigenvalue weighted by Crippen LogP contribution is 2.36. The Morgan fingerprint density at radius 1 is 1.03 bits per heavy atom. The first-order valence-electron chi connectivity index (χ1n) is 11.9. The smallest absolute Gasteiger partial charge is 0.225 e. The summed E-state index contributed by atoms with van der Waals surface area (Å²) in [5.74, 6) is 1.90. The number of aromatic nitrogens is 4. The van der Waals surface area contributed by atoms with E-state index < -0.39 is 0 Å². The van der Waals surface area contributed by atoms with E-state index in [0.717, 1.165) is 59.2 Å². The van der Waals surface area contributed by atoms with Crippen molar-refractivity contribution in [3.8, 4) is 11.4 Å². The van der Waals surface area contributed by atoms with Crippen molar-refractivity contribution in [2.45, 2.75) is 39.3 Å². The van der Waals surface area contributed by atoms with Gasteiger partial charge in [0.1, 0.15) is 11.3 Å². The predicted molar refractivity (Wildman–Crippen MR) is 145 cm³/mol. The molecule has 2 N–H and O–H groups in total. The van der Waals surface area contributed by atoms with Gasteiger partial charge in [-0.3, -0.25) is 0 Å². The van der Waals surface area contributed by atoms with Crippen LogP contribution in [-0.2, 0) is 13.1 Å². The van der Waals surface area contributed by atoms with Crippen LogP contribution in [0.4, 0.5) is 5.95 Å². The zero-order valence-electron chi connectivity index (χ0n) is 19.5. The van der Waals surface area contributed by atoms with Gasteiger partial charge < -0.3 is 15.2 Å². The van der Waals surface area contributed by atoms with Crippen molar-refractivity contribution < 1.29 is 0 Å². The quantitative estimate of drug-likeness (QED) is 0.277. The van der Waals surface area contributed by atoms with Crippen LogP contribution in [0, 0.1) is 12.8 Å². The van der Waals surface area contributed by atoms with E-state index in [1.165, 1.54) is 12.8 Å². The maximum atomic E-state index is 6.58. The largest absolute Gasteiger partial charge is 0.350 e. The lowest BCUT2D eigenvalue weighted by Crippen LogP contribution is -2.28. The van der Waals surface area contributed by atoms with E-state index in [4.69, 9.17) is 44.8 Å². The molecule has 35 heavy (non-hydrogen) atoms. The van der Waals surface area contributed by atoms with Gasteiger partial charge in [0.25, 0.3) is 0 Å². The predicted octanol–water partition coefficient (Wildman–Crippen LogP) is 6.76. The Bertz CT molecular complexity index is 1330. The summed E-state index contributed by atoms with van der Waals surface area (Å²) in [6.07, 6.45) is 5.13. The monoisotopic (exact) mass is 528 g/mol. The molecule has 0 aliphatic carbocycles. The number of nitrogens with one attached hydrogen (secondary N) is 2. The van der Waals surface area contributed by atoms with Crippen LogP contribution in [0.3, 0.4) is 0 Å². The van der Waals surface area contributed by atoms with Crippen molar-refractivity contribution in [2.75, 3.05) is 18.4 Å². The molecule has 0 amide bonds. The number of aryl methyl sites for hydroxylation is 2. The molecule has 0 unspecified atom stereocenters. The summed E-state index contributed by atoms with van der Waals surface area (Å²) in [7, 11) is 0. The Labute approximate surface area is 220 Å². The fourth-order valence-electron chi connectivity index (χ4n) is 4.57. The minimum atomic E-state index is 0.522. The van der Waals surface area contributed by atoms with Gasteiger partial charge >= 0.3 is 0 Å². The van der Waals surface area contributed by atoms with Gasteiger partial charge in [0.15, 0.2) is 5.65 Å². The van der Waals surface area contributed by atoms with E-state index in [1.807, 2.05) is 43.3 Å². The van der Waals surface area contributed by atoms with Crippen LogP contribution in [0.25, 0.3) is 22.6 Å². The van der Waals surface area contributed by atoms with E-state index in [0.29, 0.717) is 34.0 Å². The maximum Gasteiger partial charge on any atom is 0.225 e. The average molecular weight is 530 g/mol. The highest BCUT2D eigenvalue weighted by Gasteiger charge is 2.21. The van der Waals surface area contributed by atoms with Crippen molar-refractivity contribution in [3.63, 3.8) is 0 Å². The first kappa shape index (κ1) is 24.3. The minimum absolute atomic E-state index is 0.522. The number of hydrogen-bond donors (Lipinski definition) is 2. The molecule has 0 bridgehead atoms. The second-order valence-corrected chi connectivity index (χ2v) is 10.2. The summed E-state index contributed by atoms with van der Waals surface area (Å²) < 4.78 is 2.14. The molecule has 1 fully saturated rings. The van der Waals surface area contributed by atoms with Gasteiger partial charge in [0.2, 0.25) is 5.95 Å². The van der Waals surface area contributed by atoms with Gasteiger partial charge in [-0.15, -0.1) is 0 Å². The third kappa shape index (κ3) is 5.41. The fraction of sp³-hybridized carbons (Fsp3) is 0.346. The summed E-state index contributed by atoms with van der Waals surface area (Å²) in [6.45, 7) is 5.45. The second-order valence-electron chi connectivity index (χ2n) is 9.02. The fourth-order valence-corrected chi connectivity index (χ4v) is 5.44. The Balaban J connectivity index is 1.49. The summed E-state index contributed by atoms with van der Waals surface area (Å²) in [6, 6.07) is 11.5. The van der Waals surface area contributed by atoms with E-state index in [2.05, 4.69) is 20.2 Å². The number of halogens is 3. The van der Waals surface area contributed by atoms with E-state index >= 15 is 0 Å². The summed E-state index contributed by atoms with van der Waals surface area (Å²) >= 11 is 19.6. The van der Waals surface area contributed by atoms with Crippen LogP contribution in [0.1, 0.15) is 30.4 Å². The number of benzene rings is 2. The molecule has 4 aromatic rings. The van der Waals surface area contributed by atoms with Gasteiger partial charge in [-0.05, 0) is 74.5 Å². The van der Waals surface area contributed by atoms with Crippen LogP contribution in [0.5, 0.6) is 0 Å². The molecule has 182 valence electrons. The Morgan fingerprint density at radius 3 is 2.54 bits per heavy atom. The summed E-state index contributed by atoms with van der Waals surface area (Å²) in [5, 5.41) is 8.60. The molecule has 3 heterocycles. The Hall–Kier alpha value is -2.38. The standard InChI is InChI=1S/C26H27Cl3N6/c1-16-5-6-18(21(29)13-16)14-31-26-32-15-22-24(34-26)35(12-9-17-7-10-30-11-8-17)25(33-22)23-19(27)3-2-4-20(23)28/h2-6,13,15,17,30H,7-12,14H2,1H3,(H,31,32,34). The molecular formula is C26H27Cl3N6. The number of imidazole rings is 1. The molecule has 2 aromatic carbocycles. The molecule has 1 aliphatic rings. The van der Waals surface area contributed by atoms with Gasteiger partial charge in [-0.2, -0.15) is 4.98 Å². The van der Waals surface area contributed by atoms with Crippen LogP contribution in [0.2, 0.25) is 15.1 Å². The molecule has 0 atom stereocenters. The van der Waals surface area contributed by atoms with Crippen molar-refractivity contribution in [1.82, 2.24) is 24.8 Å². The highest BCUT2D eigenvalue weighted by molar-refractivity contribution is 6.39. The lowest BCUT2D eigenvalue weighted by atomic mass is 9.95. The molecule has 1 saturated heterocycles. The Kier molecular flexibility index (Phi) is 7.44. The second kappa shape index (κ2) is 10.7. The molecule has 0 saturated carbocycles. The number of fused-ring (bicyclic) bond motifs is 1. The molecule has 2 aromatic heterocycles. The van der Waals surface area contributed by atoms with Gasteiger partial charge in [-0.1, -0.05) is 53.0 Å². The number of anilines is 1. The number of nitrogens with zero attached hydrogens (tertiary/aromatic N) is 4. The molecule has 6 nitrogen and oxygen atoms in total. The van der Waals surface area contributed by atoms with E-state index in [9.17, 15) is 0 Å². The molecule has 9 heteroatoms. The van der Waals surface area contributed by atoms with Crippen LogP contribution >= 0.6 is 34.8 Å². The maximum absolute atomic E-state index is 6.58. The van der Waals surface area contributed by atoms with Crippen molar-refractivity contribution in [3.05, 3.63) is 68.8 Å². The average Bonchev–Trinajstić information content (AvgIpc) is 3.20. The van der Waals surface area contributed by atoms with Gasteiger partial charge in [0.05, 0.1) is 21.8 Å². The number of rotatable bonds is 7. The Morgan fingerprint density at radius 2 is 1.80 bits per heavy atom. The topological polar surface area (TPSA) is 67.7 Å².